The summed E-state index contributed by atoms with van der Waals surface area (Å²) >= 11 is 25.3. The molecular formula is C25H27Cl4N4+. The highest BCUT2D eigenvalue weighted by molar-refractivity contribution is 6.43. The maximum absolute atomic E-state index is 6.33. The molecule has 0 radical (unpaired) electrons. The molecule has 2 heterocycles. The van der Waals surface area contributed by atoms with E-state index in [1.807, 2.05) is 24.3 Å². The maximum Gasteiger partial charge on any atom is 0.261 e. The highest BCUT2D eigenvalue weighted by Gasteiger charge is 2.30. The van der Waals surface area contributed by atoms with Crippen LogP contribution < -0.4 is 14.4 Å². The molecule has 0 fully saturated rings. The van der Waals surface area contributed by atoms with Gasteiger partial charge in [-0.25, -0.2) is 9.13 Å². The van der Waals surface area contributed by atoms with Crippen LogP contribution in [-0.4, -0.2) is 17.7 Å². The van der Waals surface area contributed by atoms with Crippen molar-refractivity contribution in [1.82, 2.24) is 4.57 Å². The largest absolute Gasteiger partial charge is 0.319 e. The number of fused-ring (bicyclic) bond motifs is 2. The molecule has 0 N–H and O–H groups in total. The molecule has 8 heteroatoms. The summed E-state index contributed by atoms with van der Waals surface area (Å²) in [6, 6.07) is 7.79. The van der Waals surface area contributed by atoms with Crippen LogP contribution in [0.1, 0.15) is 33.5 Å². The lowest BCUT2D eigenvalue weighted by Crippen LogP contribution is -2.36. The van der Waals surface area contributed by atoms with Gasteiger partial charge >= 0.3 is 0 Å². The predicted molar refractivity (Wildman–Crippen MR) is 141 cm³/mol. The number of hydrogen-bond donors (Lipinski definition) is 0. The van der Waals surface area contributed by atoms with E-state index in [4.69, 9.17) is 46.4 Å². The van der Waals surface area contributed by atoms with E-state index in [0.717, 1.165) is 60.8 Å². The SMILES string of the molecule is CCN1C(=C=CCc2n(CC)c3cc(Cl)c(Cl)cc3[n+]2CC)N(CC)c2cc(Cl)c(Cl)cc21. The van der Waals surface area contributed by atoms with Gasteiger partial charge < -0.3 is 9.80 Å². The zero-order valence-electron chi connectivity index (χ0n) is 19.2. The molecule has 4 rings (SSSR count). The van der Waals surface area contributed by atoms with Crippen LogP contribution in [0.2, 0.25) is 20.1 Å². The van der Waals surface area contributed by atoms with E-state index in [2.05, 4.69) is 58.4 Å². The number of halogens is 4. The molecule has 33 heavy (non-hydrogen) atoms. The number of aromatic nitrogens is 2. The van der Waals surface area contributed by atoms with Crippen molar-refractivity contribution in [3.8, 4) is 0 Å². The Morgan fingerprint density at radius 2 is 1.33 bits per heavy atom. The Kier molecular flexibility index (Phi) is 7.23. The Hall–Kier alpha value is -1.81. The topological polar surface area (TPSA) is 15.3 Å². The summed E-state index contributed by atoms with van der Waals surface area (Å²) in [5.41, 5.74) is 7.86. The van der Waals surface area contributed by atoms with Gasteiger partial charge in [0.25, 0.3) is 5.82 Å². The highest BCUT2D eigenvalue weighted by Crippen LogP contribution is 2.45. The summed E-state index contributed by atoms with van der Waals surface area (Å²) in [6.45, 7) is 11.8. The van der Waals surface area contributed by atoms with Crippen molar-refractivity contribution >= 4 is 68.8 Å². The minimum absolute atomic E-state index is 0.559. The Balaban J connectivity index is 1.80. The summed E-state index contributed by atoms with van der Waals surface area (Å²) in [5, 5.41) is 2.26. The van der Waals surface area contributed by atoms with Crippen LogP contribution >= 0.6 is 46.4 Å². The Morgan fingerprint density at radius 3 is 1.85 bits per heavy atom. The van der Waals surface area contributed by atoms with Crippen LogP contribution in [-0.2, 0) is 19.5 Å². The second kappa shape index (κ2) is 9.82. The predicted octanol–water partition coefficient (Wildman–Crippen LogP) is 7.49. The minimum Gasteiger partial charge on any atom is -0.319 e. The fourth-order valence-electron chi connectivity index (χ4n) is 4.67. The van der Waals surface area contributed by atoms with Crippen LogP contribution in [0.5, 0.6) is 0 Å². The molecule has 0 saturated heterocycles. The molecule has 1 aliphatic rings. The fraction of sp³-hybridized carbons (Fsp3) is 0.360. The minimum atomic E-state index is 0.559. The van der Waals surface area contributed by atoms with Crippen molar-refractivity contribution in [3.63, 3.8) is 0 Å². The van der Waals surface area contributed by atoms with Gasteiger partial charge in [-0.3, -0.25) is 0 Å². The van der Waals surface area contributed by atoms with Crippen molar-refractivity contribution < 1.29 is 4.57 Å². The number of aryl methyl sites for hydroxylation is 2. The van der Waals surface area contributed by atoms with Crippen molar-refractivity contribution in [2.24, 2.45) is 0 Å². The Bertz CT molecular complexity index is 1200. The lowest BCUT2D eigenvalue weighted by atomic mass is 10.2. The molecule has 0 amide bonds. The molecule has 0 saturated carbocycles. The molecule has 4 nitrogen and oxygen atoms in total. The first kappa shape index (κ1) is 24.3. The van der Waals surface area contributed by atoms with Gasteiger partial charge in [0.1, 0.15) is 0 Å². The van der Waals surface area contributed by atoms with E-state index in [9.17, 15) is 0 Å². The first-order chi connectivity index (χ1) is 15.9. The number of nitrogens with zero attached hydrogens (tertiary/aromatic N) is 4. The number of allylic oxidation sites excluding steroid dienone is 1. The molecule has 0 unspecified atom stereocenters. The second-order valence-electron chi connectivity index (χ2n) is 7.78. The summed E-state index contributed by atoms with van der Waals surface area (Å²) < 4.78 is 4.59. The third kappa shape index (κ3) is 4.13. The van der Waals surface area contributed by atoms with Gasteiger partial charge in [-0.2, -0.15) is 0 Å². The molecule has 0 bridgehead atoms. The van der Waals surface area contributed by atoms with Gasteiger partial charge in [-0.05, 0) is 45.9 Å². The average Bonchev–Trinajstić information content (AvgIpc) is 3.24. The van der Waals surface area contributed by atoms with Gasteiger partial charge in [0, 0.05) is 25.2 Å². The third-order valence-electron chi connectivity index (χ3n) is 6.11. The van der Waals surface area contributed by atoms with E-state index in [-0.39, 0.29) is 0 Å². The quantitative estimate of drug-likeness (QED) is 0.245. The standard InChI is InChI=1S/C25H27Cl4N4/c1-5-30-20-12-16(26)17(27)13-21(20)31(6-2)24(30)10-9-11-25-32(7-3)22-14-18(28)19(29)15-23(22)33(25)8-4/h9,12-15H,5-8,10H2,1-4H3/q+1. The van der Waals surface area contributed by atoms with Gasteiger partial charge in [-0.15, -0.1) is 0 Å². The normalized spacial score (nSPS) is 13.2. The van der Waals surface area contributed by atoms with Crippen LogP contribution in [0.15, 0.2) is 41.9 Å². The molecule has 2 aromatic carbocycles. The van der Waals surface area contributed by atoms with Crippen LogP contribution in [0.3, 0.4) is 0 Å². The third-order valence-corrected chi connectivity index (χ3v) is 7.56. The number of anilines is 2. The molecule has 0 aliphatic carbocycles. The monoisotopic (exact) mass is 523 g/mol. The van der Waals surface area contributed by atoms with Crippen molar-refractivity contribution in [1.29, 1.82) is 0 Å². The Labute approximate surface area is 215 Å². The van der Waals surface area contributed by atoms with Gasteiger partial charge in [0.15, 0.2) is 16.9 Å². The van der Waals surface area contributed by atoms with Crippen molar-refractivity contribution in [2.45, 2.75) is 47.2 Å². The first-order valence-electron chi connectivity index (χ1n) is 11.2. The van der Waals surface area contributed by atoms with Crippen molar-refractivity contribution in [3.05, 3.63) is 67.8 Å². The second-order valence-corrected chi connectivity index (χ2v) is 9.41. The summed E-state index contributed by atoms with van der Waals surface area (Å²) in [7, 11) is 0. The van der Waals surface area contributed by atoms with Gasteiger partial charge in [0.2, 0.25) is 0 Å². The van der Waals surface area contributed by atoms with Crippen LogP contribution in [0.4, 0.5) is 11.4 Å². The lowest BCUT2D eigenvalue weighted by molar-refractivity contribution is -0.675. The van der Waals surface area contributed by atoms with E-state index in [0.29, 0.717) is 20.1 Å². The molecule has 0 atom stereocenters. The summed E-state index contributed by atoms with van der Waals surface area (Å²) in [5.74, 6) is 2.19. The fourth-order valence-corrected chi connectivity index (χ4v) is 5.30. The zero-order chi connectivity index (χ0) is 23.9. The van der Waals surface area contributed by atoms with Crippen LogP contribution in [0, 0.1) is 0 Å². The molecule has 174 valence electrons. The molecule has 1 aliphatic heterocycles. The van der Waals surface area contributed by atoms with Crippen molar-refractivity contribution in [2.75, 3.05) is 22.9 Å². The molecule has 1 aromatic heterocycles. The molecule has 0 spiro atoms. The smallest absolute Gasteiger partial charge is 0.261 e. The van der Waals surface area contributed by atoms with E-state index in [1.54, 1.807) is 0 Å². The summed E-state index contributed by atoms with van der Waals surface area (Å²) in [6.07, 6.45) is 2.83. The first-order valence-corrected chi connectivity index (χ1v) is 12.8. The van der Waals surface area contributed by atoms with E-state index in [1.165, 1.54) is 5.82 Å². The zero-order valence-corrected chi connectivity index (χ0v) is 22.2. The van der Waals surface area contributed by atoms with Gasteiger partial charge in [-0.1, -0.05) is 52.1 Å². The van der Waals surface area contributed by atoms with E-state index < -0.39 is 0 Å². The average molecular weight is 525 g/mol. The number of benzene rings is 2. The van der Waals surface area contributed by atoms with Gasteiger partial charge in [0.05, 0.1) is 51.0 Å². The number of hydrogen-bond acceptors (Lipinski definition) is 2. The highest BCUT2D eigenvalue weighted by atomic mass is 35.5. The number of imidazole rings is 1. The number of rotatable bonds is 6. The van der Waals surface area contributed by atoms with E-state index >= 15 is 0 Å². The Morgan fingerprint density at radius 1 is 0.788 bits per heavy atom. The molecule has 3 aromatic rings. The maximum atomic E-state index is 6.33. The lowest BCUT2D eigenvalue weighted by Gasteiger charge is -2.21. The molecular weight excluding hydrogens is 498 g/mol. The summed E-state index contributed by atoms with van der Waals surface area (Å²) in [4.78, 5) is 4.45. The van der Waals surface area contributed by atoms with Crippen LogP contribution in [0.25, 0.3) is 11.0 Å².